The summed E-state index contributed by atoms with van der Waals surface area (Å²) in [6.45, 7) is 0.425. The van der Waals surface area contributed by atoms with Crippen LogP contribution >= 0.6 is 0 Å². The van der Waals surface area contributed by atoms with Crippen LogP contribution in [0.1, 0.15) is 16.7 Å². The molecule has 4 aromatic carbocycles. The molecule has 38 heavy (non-hydrogen) atoms. The quantitative estimate of drug-likeness (QED) is 0.256. The van der Waals surface area contributed by atoms with Gasteiger partial charge in [0.25, 0.3) is 0 Å². The van der Waals surface area contributed by atoms with Gasteiger partial charge in [0.15, 0.2) is 5.78 Å². The Morgan fingerprint density at radius 3 is 2.03 bits per heavy atom. The number of ether oxygens (including phenoxy) is 3. The van der Waals surface area contributed by atoms with Gasteiger partial charge in [-0.3, -0.25) is 9.59 Å². The van der Waals surface area contributed by atoms with Gasteiger partial charge in [0.1, 0.15) is 23.3 Å². The highest BCUT2D eigenvalue weighted by molar-refractivity contribution is 5.91. The third kappa shape index (κ3) is 8.32. The van der Waals surface area contributed by atoms with Crippen LogP contribution in [0.5, 0.6) is 17.2 Å². The maximum atomic E-state index is 13.3. The molecule has 6 heteroatoms. The van der Waals surface area contributed by atoms with Crippen molar-refractivity contribution in [3.8, 4) is 17.2 Å². The van der Waals surface area contributed by atoms with Crippen molar-refractivity contribution in [3.05, 3.63) is 126 Å². The van der Waals surface area contributed by atoms with Crippen LogP contribution in [0.4, 0.5) is 0 Å². The zero-order valence-electron chi connectivity index (χ0n) is 21.3. The molecule has 0 heterocycles. The van der Waals surface area contributed by atoms with E-state index in [1.54, 1.807) is 13.2 Å². The maximum Gasteiger partial charge on any atom is 0.225 e. The number of nitrogens with one attached hydrogen (secondary N) is 1. The van der Waals surface area contributed by atoms with Crippen molar-refractivity contribution in [2.75, 3.05) is 13.7 Å². The molecule has 0 aliphatic rings. The molecular weight excluding hydrogens is 478 g/mol. The summed E-state index contributed by atoms with van der Waals surface area (Å²) in [5.41, 5.74) is 2.62. The van der Waals surface area contributed by atoms with Gasteiger partial charge in [-0.15, -0.1) is 0 Å². The summed E-state index contributed by atoms with van der Waals surface area (Å²) in [7, 11) is 1.58. The Kier molecular flexibility index (Phi) is 9.65. The summed E-state index contributed by atoms with van der Waals surface area (Å²) in [5.74, 6) is 1.71. The number of Topliss-reactive ketones (excluding diaryl/α,β-unsaturated/α-hetero) is 1. The Labute approximate surface area is 223 Å². The lowest BCUT2D eigenvalue weighted by Crippen LogP contribution is -2.45. The Morgan fingerprint density at radius 1 is 0.684 bits per heavy atom. The van der Waals surface area contributed by atoms with Gasteiger partial charge in [-0.05, 0) is 53.1 Å². The van der Waals surface area contributed by atoms with Gasteiger partial charge in [-0.1, -0.05) is 72.8 Å². The molecule has 4 rings (SSSR count). The average Bonchev–Trinajstić information content (AvgIpc) is 2.95. The molecule has 0 radical (unpaired) electrons. The first-order valence-electron chi connectivity index (χ1n) is 12.5. The van der Waals surface area contributed by atoms with Crippen LogP contribution in [0.2, 0.25) is 0 Å². The second kappa shape index (κ2) is 13.8. The first-order valence-corrected chi connectivity index (χ1v) is 12.5. The van der Waals surface area contributed by atoms with Crippen LogP contribution in [-0.4, -0.2) is 31.4 Å². The standard InChI is InChI=1S/C32H31NO5/c1-36-29-14-8-11-26(19-29)21-32(35)33-30(23-37-22-25-9-4-2-5-10-25)31(34)20-24-15-17-28(18-16-24)38-27-12-6-3-7-13-27/h2-19,30H,20-23H2,1H3,(H,33,35). The van der Waals surface area contributed by atoms with E-state index >= 15 is 0 Å². The van der Waals surface area contributed by atoms with Crippen LogP contribution in [0, 0.1) is 0 Å². The minimum Gasteiger partial charge on any atom is -0.497 e. The second-order valence-electron chi connectivity index (χ2n) is 8.85. The van der Waals surface area contributed by atoms with E-state index in [4.69, 9.17) is 14.2 Å². The van der Waals surface area contributed by atoms with Gasteiger partial charge < -0.3 is 19.5 Å². The van der Waals surface area contributed by atoms with Gasteiger partial charge in [-0.2, -0.15) is 0 Å². The monoisotopic (exact) mass is 509 g/mol. The van der Waals surface area contributed by atoms with E-state index in [9.17, 15) is 9.59 Å². The van der Waals surface area contributed by atoms with E-state index in [1.807, 2.05) is 103 Å². The SMILES string of the molecule is COc1cccc(CC(=O)NC(COCc2ccccc2)C(=O)Cc2ccc(Oc3ccccc3)cc2)c1. The normalized spacial score (nSPS) is 11.4. The zero-order valence-corrected chi connectivity index (χ0v) is 21.3. The molecule has 1 unspecified atom stereocenters. The highest BCUT2D eigenvalue weighted by Crippen LogP contribution is 2.21. The Morgan fingerprint density at radius 2 is 1.32 bits per heavy atom. The number of rotatable bonds is 13. The van der Waals surface area contributed by atoms with Crippen LogP contribution in [0.15, 0.2) is 109 Å². The molecule has 0 bridgehead atoms. The number of carbonyl (C=O) groups excluding carboxylic acids is 2. The van der Waals surface area contributed by atoms with Gasteiger partial charge in [0, 0.05) is 6.42 Å². The number of methoxy groups -OCH3 is 1. The van der Waals surface area contributed by atoms with Crippen molar-refractivity contribution in [2.24, 2.45) is 0 Å². The number of amides is 1. The van der Waals surface area contributed by atoms with Gasteiger partial charge in [-0.25, -0.2) is 0 Å². The predicted molar refractivity (Wildman–Crippen MR) is 146 cm³/mol. The number of hydrogen-bond donors (Lipinski definition) is 1. The summed E-state index contributed by atoms with van der Waals surface area (Å²) in [6.07, 6.45) is 0.287. The number of benzene rings is 4. The van der Waals surface area contributed by atoms with Gasteiger partial charge in [0.2, 0.25) is 5.91 Å². The van der Waals surface area contributed by atoms with E-state index in [1.165, 1.54) is 0 Å². The van der Waals surface area contributed by atoms with Crippen LogP contribution < -0.4 is 14.8 Å². The van der Waals surface area contributed by atoms with E-state index in [-0.39, 0.29) is 31.1 Å². The molecule has 0 spiro atoms. The zero-order chi connectivity index (χ0) is 26.6. The third-order valence-corrected chi connectivity index (χ3v) is 5.90. The molecule has 0 aromatic heterocycles. The van der Waals surface area contributed by atoms with Crippen LogP contribution in [0.25, 0.3) is 0 Å². The lowest BCUT2D eigenvalue weighted by atomic mass is 10.0. The number of para-hydroxylation sites is 1. The maximum absolute atomic E-state index is 13.3. The summed E-state index contributed by atoms with van der Waals surface area (Å²) >= 11 is 0. The highest BCUT2D eigenvalue weighted by Gasteiger charge is 2.22. The summed E-state index contributed by atoms with van der Waals surface area (Å²) < 4.78 is 16.9. The fraction of sp³-hybridized carbons (Fsp3) is 0.188. The van der Waals surface area contributed by atoms with Gasteiger partial charge >= 0.3 is 0 Å². The van der Waals surface area contributed by atoms with E-state index in [0.717, 1.165) is 22.4 Å². The molecule has 0 saturated carbocycles. The summed E-state index contributed by atoms with van der Waals surface area (Å²) in [4.78, 5) is 26.1. The Balaban J connectivity index is 1.39. The van der Waals surface area contributed by atoms with Crippen molar-refractivity contribution in [2.45, 2.75) is 25.5 Å². The van der Waals surface area contributed by atoms with Crippen molar-refractivity contribution in [1.29, 1.82) is 0 Å². The number of ketones is 1. The van der Waals surface area contributed by atoms with E-state index in [0.29, 0.717) is 18.1 Å². The molecule has 0 fully saturated rings. The summed E-state index contributed by atoms with van der Waals surface area (Å²) in [5, 5.41) is 2.87. The molecule has 1 N–H and O–H groups in total. The molecule has 194 valence electrons. The Bertz CT molecular complexity index is 1310. The Hall–Kier alpha value is -4.42. The predicted octanol–water partition coefficient (Wildman–Crippen LogP) is 5.54. The van der Waals surface area contributed by atoms with E-state index < -0.39 is 6.04 Å². The third-order valence-electron chi connectivity index (χ3n) is 5.90. The first-order chi connectivity index (χ1) is 18.6. The molecule has 0 saturated heterocycles. The molecular formula is C32H31NO5. The van der Waals surface area contributed by atoms with Crippen LogP contribution in [0.3, 0.4) is 0 Å². The minimum atomic E-state index is -0.780. The van der Waals surface area contributed by atoms with Gasteiger partial charge in [0.05, 0.1) is 26.7 Å². The molecule has 1 atom stereocenters. The van der Waals surface area contributed by atoms with E-state index in [2.05, 4.69) is 5.32 Å². The fourth-order valence-electron chi connectivity index (χ4n) is 3.92. The second-order valence-corrected chi connectivity index (χ2v) is 8.85. The number of hydrogen-bond acceptors (Lipinski definition) is 5. The highest BCUT2D eigenvalue weighted by atomic mass is 16.5. The van der Waals surface area contributed by atoms with Crippen molar-refractivity contribution in [3.63, 3.8) is 0 Å². The van der Waals surface area contributed by atoms with Crippen molar-refractivity contribution < 1.29 is 23.8 Å². The molecule has 1 amide bonds. The molecule has 4 aromatic rings. The van der Waals surface area contributed by atoms with Crippen LogP contribution in [-0.2, 0) is 33.8 Å². The number of carbonyl (C=O) groups is 2. The largest absolute Gasteiger partial charge is 0.497 e. The minimum absolute atomic E-state index is 0.0762. The van der Waals surface area contributed by atoms with Crippen molar-refractivity contribution in [1.82, 2.24) is 5.32 Å². The molecule has 6 nitrogen and oxygen atoms in total. The fourth-order valence-corrected chi connectivity index (χ4v) is 3.92. The smallest absolute Gasteiger partial charge is 0.225 e. The topological polar surface area (TPSA) is 73.9 Å². The van der Waals surface area contributed by atoms with Crippen molar-refractivity contribution >= 4 is 11.7 Å². The molecule has 0 aliphatic heterocycles. The molecule has 0 aliphatic carbocycles. The average molecular weight is 510 g/mol. The summed E-state index contributed by atoms with van der Waals surface area (Å²) in [6, 6.07) is 33.1. The lowest BCUT2D eigenvalue weighted by Gasteiger charge is -2.18. The lowest BCUT2D eigenvalue weighted by molar-refractivity contribution is -0.128. The first kappa shape index (κ1) is 26.6.